The highest BCUT2D eigenvalue weighted by Gasteiger charge is 2.23. The number of imidazole rings is 1. The maximum absolute atomic E-state index is 12.5. The van der Waals surface area contributed by atoms with Gasteiger partial charge in [-0.1, -0.05) is 6.07 Å². The van der Waals surface area contributed by atoms with Gasteiger partial charge in [0.25, 0.3) is 5.56 Å². The number of amides is 2. The second-order valence-corrected chi connectivity index (χ2v) is 7.24. The molecule has 28 heavy (non-hydrogen) atoms. The molecule has 2 aromatic rings. The minimum absolute atomic E-state index is 0.0132. The highest BCUT2D eigenvalue weighted by Crippen LogP contribution is 2.17. The maximum Gasteiger partial charge on any atom is 0.250 e. The Labute approximate surface area is 164 Å². The number of pyridine rings is 1. The van der Waals surface area contributed by atoms with E-state index in [1.54, 1.807) is 24.5 Å². The third-order valence-electron chi connectivity index (χ3n) is 5.16. The number of likely N-dealkylation sites (tertiary alicyclic amines) is 1. The van der Waals surface area contributed by atoms with Crippen LogP contribution in [0.25, 0.3) is 0 Å². The number of carbonyl (C=O) groups is 2. The molecule has 0 radical (unpaired) electrons. The Hall–Kier alpha value is -2.90. The van der Waals surface area contributed by atoms with Gasteiger partial charge >= 0.3 is 0 Å². The lowest BCUT2D eigenvalue weighted by atomic mass is 9.97. The molecule has 0 spiro atoms. The molecule has 1 aliphatic heterocycles. The van der Waals surface area contributed by atoms with E-state index in [9.17, 15) is 14.4 Å². The average molecular weight is 385 g/mol. The van der Waals surface area contributed by atoms with Gasteiger partial charge in [-0.25, -0.2) is 4.98 Å². The Morgan fingerprint density at radius 3 is 2.86 bits per heavy atom. The van der Waals surface area contributed by atoms with Crippen molar-refractivity contribution in [3.05, 3.63) is 53.0 Å². The number of piperidine rings is 1. The quantitative estimate of drug-likeness (QED) is 0.763. The highest BCUT2D eigenvalue weighted by molar-refractivity contribution is 5.76. The topological polar surface area (TPSA) is 89.2 Å². The maximum atomic E-state index is 12.5. The fourth-order valence-electron chi connectivity index (χ4n) is 3.53. The van der Waals surface area contributed by atoms with E-state index in [2.05, 4.69) is 10.3 Å². The zero-order valence-electron chi connectivity index (χ0n) is 16.2. The van der Waals surface area contributed by atoms with Gasteiger partial charge in [0, 0.05) is 57.3 Å². The number of aryl methyl sites for hydroxylation is 2. The van der Waals surface area contributed by atoms with Crippen LogP contribution in [0, 0.1) is 12.8 Å². The number of hydrogen-bond acceptors (Lipinski definition) is 4. The van der Waals surface area contributed by atoms with Gasteiger partial charge in [0.05, 0.1) is 0 Å². The van der Waals surface area contributed by atoms with Gasteiger partial charge in [-0.15, -0.1) is 0 Å². The molecule has 0 bridgehead atoms. The summed E-state index contributed by atoms with van der Waals surface area (Å²) in [4.78, 5) is 42.4. The van der Waals surface area contributed by atoms with Crippen LogP contribution in [0.2, 0.25) is 0 Å². The van der Waals surface area contributed by atoms with Crippen molar-refractivity contribution in [2.24, 2.45) is 5.92 Å². The number of nitrogens with one attached hydrogen (secondary N) is 1. The van der Waals surface area contributed by atoms with Crippen molar-refractivity contribution in [2.75, 3.05) is 19.6 Å². The van der Waals surface area contributed by atoms with Crippen LogP contribution in [-0.4, -0.2) is 50.5 Å². The summed E-state index contributed by atoms with van der Waals surface area (Å²) in [5, 5.41) is 2.90. The summed E-state index contributed by atoms with van der Waals surface area (Å²) < 4.78 is 3.36. The van der Waals surface area contributed by atoms with Gasteiger partial charge in [0.2, 0.25) is 11.8 Å². The van der Waals surface area contributed by atoms with Crippen molar-refractivity contribution in [1.29, 1.82) is 0 Å². The van der Waals surface area contributed by atoms with E-state index >= 15 is 0 Å². The van der Waals surface area contributed by atoms with E-state index in [1.165, 1.54) is 10.6 Å². The van der Waals surface area contributed by atoms with Crippen LogP contribution in [0.3, 0.4) is 0 Å². The molecule has 3 rings (SSSR count). The first-order valence-electron chi connectivity index (χ1n) is 9.70. The smallest absolute Gasteiger partial charge is 0.250 e. The molecule has 2 amide bonds. The molecule has 1 fully saturated rings. The molecule has 2 aromatic heterocycles. The first-order chi connectivity index (χ1) is 13.5. The van der Waals surface area contributed by atoms with Crippen molar-refractivity contribution in [1.82, 2.24) is 24.3 Å². The summed E-state index contributed by atoms with van der Waals surface area (Å²) >= 11 is 0. The van der Waals surface area contributed by atoms with Crippen molar-refractivity contribution >= 4 is 11.8 Å². The van der Waals surface area contributed by atoms with Crippen molar-refractivity contribution in [3.8, 4) is 0 Å². The Bertz CT molecular complexity index is 872. The molecule has 3 heterocycles. The first kappa shape index (κ1) is 19.9. The van der Waals surface area contributed by atoms with E-state index in [0.29, 0.717) is 26.1 Å². The minimum atomic E-state index is -0.194. The molecular weight excluding hydrogens is 358 g/mol. The first-order valence-corrected chi connectivity index (χ1v) is 9.70. The van der Waals surface area contributed by atoms with E-state index in [4.69, 9.17) is 0 Å². The van der Waals surface area contributed by atoms with Gasteiger partial charge in [0.1, 0.15) is 12.4 Å². The van der Waals surface area contributed by atoms with Crippen molar-refractivity contribution in [2.45, 2.75) is 39.3 Å². The van der Waals surface area contributed by atoms with Crippen molar-refractivity contribution < 1.29 is 9.59 Å². The predicted octanol–water partition coefficient (Wildman–Crippen LogP) is 0.798. The summed E-state index contributed by atoms with van der Waals surface area (Å²) in [6.45, 7) is 4.52. The third kappa shape index (κ3) is 5.31. The Kier molecular flexibility index (Phi) is 6.62. The normalized spacial score (nSPS) is 16.8. The molecule has 0 aromatic carbocycles. The van der Waals surface area contributed by atoms with Gasteiger partial charge < -0.3 is 19.4 Å². The molecule has 1 N–H and O–H groups in total. The van der Waals surface area contributed by atoms with Crippen LogP contribution in [0.1, 0.15) is 25.1 Å². The van der Waals surface area contributed by atoms with Gasteiger partial charge in [0.15, 0.2) is 0 Å². The fraction of sp³-hybridized carbons (Fsp3) is 0.500. The lowest BCUT2D eigenvalue weighted by Gasteiger charge is -2.33. The summed E-state index contributed by atoms with van der Waals surface area (Å²) in [7, 11) is 0. The van der Waals surface area contributed by atoms with Crippen LogP contribution < -0.4 is 10.9 Å². The van der Waals surface area contributed by atoms with E-state index in [1.807, 2.05) is 22.6 Å². The monoisotopic (exact) mass is 385 g/mol. The molecular formula is C20H27N5O3. The number of rotatable bonds is 7. The number of carbonyl (C=O) groups excluding carboxylic acids is 2. The Morgan fingerprint density at radius 2 is 2.11 bits per heavy atom. The molecule has 8 heteroatoms. The van der Waals surface area contributed by atoms with Crippen LogP contribution in [0.4, 0.5) is 0 Å². The SMILES string of the molecule is Cc1nccn1CCC(=O)N1CCCC(CNC(=O)Cn2ccccc2=O)C1. The van der Waals surface area contributed by atoms with E-state index in [0.717, 1.165) is 25.2 Å². The van der Waals surface area contributed by atoms with Crippen molar-refractivity contribution in [3.63, 3.8) is 0 Å². The standard InChI is InChI=1S/C20H27N5O3/c1-16-21-8-12-23(16)11-7-20(28)24-10-4-5-17(14-24)13-22-18(26)15-25-9-3-2-6-19(25)27/h2-3,6,8-9,12,17H,4-5,7,10-11,13-15H2,1H3,(H,22,26). The molecule has 1 saturated heterocycles. The van der Waals surface area contributed by atoms with Gasteiger partial charge in [-0.2, -0.15) is 0 Å². The Morgan fingerprint density at radius 1 is 1.25 bits per heavy atom. The number of nitrogens with zero attached hydrogens (tertiary/aromatic N) is 4. The molecule has 0 aliphatic carbocycles. The molecule has 1 aliphatic rings. The average Bonchev–Trinajstić information content (AvgIpc) is 3.11. The van der Waals surface area contributed by atoms with Crippen LogP contribution in [0.15, 0.2) is 41.6 Å². The van der Waals surface area contributed by atoms with Crippen LogP contribution >= 0.6 is 0 Å². The summed E-state index contributed by atoms with van der Waals surface area (Å²) in [6.07, 6.45) is 7.60. The highest BCUT2D eigenvalue weighted by atomic mass is 16.2. The molecule has 150 valence electrons. The second kappa shape index (κ2) is 9.34. The summed E-state index contributed by atoms with van der Waals surface area (Å²) in [5.74, 6) is 1.10. The van der Waals surface area contributed by atoms with E-state index < -0.39 is 0 Å². The Balaban J connectivity index is 1.43. The van der Waals surface area contributed by atoms with Crippen LogP contribution in [-0.2, 0) is 22.7 Å². The lowest BCUT2D eigenvalue weighted by molar-refractivity contribution is -0.133. The number of hydrogen-bond donors (Lipinski definition) is 1. The predicted molar refractivity (Wildman–Crippen MR) is 105 cm³/mol. The van der Waals surface area contributed by atoms with E-state index in [-0.39, 0.29) is 29.8 Å². The second-order valence-electron chi connectivity index (χ2n) is 7.24. The summed E-state index contributed by atoms with van der Waals surface area (Å²) in [5.41, 5.74) is -0.194. The molecule has 8 nitrogen and oxygen atoms in total. The summed E-state index contributed by atoms with van der Waals surface area (Å²) in [6, 6.07) is 4.81. The third-order valence-corrected chi connectivity index (χ3v) is 5.16. The minimum Gasteiger partial charge on any atom is -0.354 e. The fourth-order valence-corrected chi connectivity index (χ4v) is 3.53. The molecule has 1 unspecified atom stereocenters. The zero-order chi connectivity index (χ0) is 19.9. The van der Waals surface area contributed by atoms with Gasteiger partial charge in [-0.3, -0.25) is 14.4 Å². The lowest BCUT2D eigenvalue weighted by Crippen LogP contribution is -2.44. The molecule has 0 saturated carbocycles. The number of aromatic nitrogens is 3. The zero-order valence-corrected chi connectivity index (χ0v) is 16.2. The largest absolute Gasteiger partial charge is 0.354 e. The molecule has 1 atom stereocenters. The van der Waals surface area contributed by atoms with Gasteiger partial charge in [-0.05, 0) is 31.7 Å². The van der Waals surface area contributed by atoms with Crippen LogP contribution in [0.5, 0.6) is 0 Å².